The highest BCUT2D eigenvalue weighted by Crippen LogP contribution is 2.64. The average molecular weight is 282 g/mol. The molecule has 4 aliphatic rings. The fraction of sp³-hybridized carbons (Fsp3) is 0.833. The first-order valence-corrected chi connectivity index (χ1v) is 6.19. The van der Waals surface area contributed by atoms with Crippen LogP contribution in [-0.2, 0) is 4.74 Å². The number of rotatable bonds is 2. The van der Waals surface area contributed by atoms with Crippen molar-refractivity contribution in [3.8, 4) is 0 Å². The maximum Gasteiger partial charge on any atom is 0.364 e. The molecular weight excluding hydrogens is 268 g/mol. The lowest BCUT2D eigenvalue weighted by atomic mass is 9.53. The van der Waals surface area contributed by atoms with Crippen molar-refractivity contribution in [3.63, 3.8) is 0 Å². The quantitative estimate of drug-likeness (QED) is 0.595. The summed E-state index contributed by atoms with van der Waals surface area (Å²) in [5.74, 6) is -6.36. The number of hydrogen-bond acceptors (Lipinski definition) is 3. The SMILES string of the molecule is OC[C@@H]1[C@@H]2C=C[C@H]([C@@H]1CO)[C@@H]1[C@H]2C(F)(F)OC1(F)F. The smallest absolute Gasteiger partial charge is 0.364 e. The molecule has 1 heterocycles. The molecule has 3 aliphatic carbocycles. The number of fused-ring (bicyclic) bond motifs is 1. The Morgan fingerprint density at radius 1 is 0.842 bits per heavy atom. The van der Waals surface area contributed by atoms with Crippen LogP contribution in [0.2, 0.25) is 0 Å². The van der Waals surface area contributed by atoms with Crippen molar-refractivity contribution >= 4 is 0 Å². The van der Waals surface area contributed by atoms with Crippen molar-refractivity contribution in [3.05, 3.63) is 12.2 Å². The Labute approximate surface area is 106 Å². The van der Waals surface area contributed by atoms with Crippen LogP contribution in [0.1, 0.15) is 0 Å². The molecule has 4 rings (SSSR count). The molecule has 7 heteroatoms. The van der Waals surface area contributed by atoms with E-state index in [9.17, 15) is 27.8 Å². The monoisotopic (exact) mass is 282 g/mol. The molecule has 0 unspecified atom stereocenters. The van der Waals surface area contributed by atoms with Gasteiger partial charge in [0, 0.05) is 13.2 Å². The Morgan fingerprint density at radius 2 is 1.21 bits per heavy atom. The van der Waals surface area contributed by atoms with Crippen LogP contribution < -0.4 is 0 Å². The zero-order valence-electron chi connectivity index (χ0n) is 9.85. The van der Waals surface area contributed by atoms with E-state index < -0.39 is 60.9 Å². The lowest BCUT2D eigenvalue weighted by molar-refractivity contribution is -0.342. The molecule has 0 amide bonds. The molecule has 0 aromatic carbocycles. The van der Waals surface area contributed by atoms with E-state index in [0.29, 0.717) is 0 Å². The van der Waals surface area contributed by atoms with Crippen molar-refractivity contribution in [1.29, 1.82) is 0 Å². The number of allylic oxidation sites excluding steroid dienone is 2. The summed E-state index contributed by atoms with van der Waals surface area (Å²) >= 11 is 0. The van der Waals surface area contributed by atoms with E-state index in [1.165, 1.54) is 12.2 Å². The molecule has 1 saturated heterocycles. The van der Waals surface area contributed by atoms with Gasteiger partial charge in [-0.2, -0.15) is 17.6 Å². The van der Waals surface area contributed by atoms with Gasteiger partial charge in [-0.25, -0.2) is 0 Å². The van der Waals surface area contributed by atoms with Gasteiger partial charge in [0.1, 0.15) is 0 Å². The van der Waals surface area contributed by atoms with Gasteiger partial charge in [0.2, 0.25) is 0 Å². The minimum Gasteiger partial charge on any atom is -0.396 e. The minimum absolute atomic E-state index is 0.415. The molecule has 0 spiro atoms. The topological polar surface area (TPSA) is 49.7 Å². The van der Waals surface area contributed by atoms with E-state index in [-0.39, 0.29) is 0 Å². The van der Waals surface area contributed by atoms with Gasteiger partial charge in [0.05, 0.1) is 11.8 Å². The van der Waals surface area contributed by atoms with E-state index in [4.69, 9.17) is 0 Å². The molecule has 1 saturated carbocycles. The lowest BCUT2D eigenvalue weighted by Gasteiger charge is -2.50. The molecule has 0 aromatic heterocycles. The normalized spacial score (nSPS) is 49.4. The second kappa shape index (κ2) is 3.93. The highest BCUT2D eigenvalue weighted by Gasteiger charge is 2.74. The highest BCUT2D eigenvalue weighted by atomic mass is 19.3. The van der Waals surface area contributed by atoms with Gasteiger partial charge in [0.25, 0.3) is 0 Å². The van der Waals surface area contributed by atoms with Gasteiger partial charge in [-0.3, -0.25) is 4.74 Å². The number of ether oxygens (including phenoxy) is 1. The molecule has 19 heavy (non-hydrogen) atoms. The van der Waals surface area contributed by atoms with E-state index in [0.717, 1.165) is 0 Å². The Kier molecular flexibility index (Phi) is 2.75. The van der Waals surface area contributed by atoms with Gasteiger partial charge < -0.3 is 10.2 Å². The Balaban J connectivity index is 2.07. The number of hydrogen-bond donors (Lipinski definition) is 2. The third-order valence-electron chi connectivity index (χ3n) is 4.78. The van der Waals surface area contributed by atoms with Crippen molar-refractivity contribution in [2.45, 2.75) is 12.2 Å². The van der Waals surface area contributed by atoms with Crippen molar-refractivity contribution in [2.75, 3.05) is 13.2 Å². The fourth-order valence-corrected chi connectivity index (χ4v) is 4.06. The molecule has 1 aliphatic heterocycles. The summed E-state index contributed by atoms with van der Waals surface area (Å²) in [4.78, 5) is 0. The largest absolute Gasteiger partial charge is 0.396 e. The lowest BCUT2D eigenvalue weighted by Crippen LogP contribution is -2.54. The fourth-order valence-electron chi connectivity index (χ4n) is 4.06. The second-order valence-corrected chi connectivity index (χ2v) is 5.51. The van der Waals surface area contributed by atoms with Gasteiger partial charge in [-0.15, -0.1) is 0 Å². The van der Waals surface area contributed by atoms with Crippen LogP contribution in [0.25, 0.3) is 0 Å². The first kappa shape index (κ1) is 13.3. The summed E-state index contributed by atoms with van der Waals surface area (Å²) in [5.41, 5.74) is 0. The molecule has 2 fully saturated rings. The zero-order valence-corrected chi connectivity index (χ0v) is 9.85. The highest BCUT2D eigenvalue weighted by molar-refractivity contribution is 5.19. The van der Waals surface area contributed by atoms with Gasteiger partial charge >= 0.3 is 12.2 Å². The van der Waals surface area contributed by atoms with E-state index in [1.807, 2.05) is 0 Å². The van der Waals surface area contributed by atoms with Crippen molar-refractivity contribution in [2.24, 2.45) is 35.5 Å². The first-order valence-electron chi connectivity index (χ1n) is 6.19. The van der Waals surface area contributed by atoms with Crippen LogP contribution in [0.5, 0.6) is 0 Å². The van der Waals surface area contributed by atoms with Crippen LogP contribution in [0.15, 0.2) is 12.2 Å². The second-order valence-electron chi connectivity index (χ2n) is 5.51. The molecular formula is C12H14F4O3. The van der Waals surface area contributed by atoms with Gasteiger partial charge in [-0.05, 0) is 23.7 Å². The molecule has 2 N–H and O–H groups in total. The number of aliphatic hydroxyl groups excluding tert-OH is 2. The summed E-state index contributed by atoms with van der Waals surface area (Å²) in [6.07, 6.45) is -4.90. The predicted octanol–water partition coefficient (Wildman–Crippen LogP) is 1.47. The average Bonchev–Trinajstić information content (AvgIpc) is 2.55. The van der Waals surface area contributed by atoms with Gasteiger partial charge in [-0.1, -0.05) is 12.2 Å². The molecule has 2 bridgehead atoms. The third-order valence-corrected chi connectivity index (χ3v) is 4.78. The van der Waals surface area contributed by atoms with E-state index in [2.05, 4.69) is 4.74 Å². The van der Waals surface area contributed by atoms with Crippen LogP contribution in [0.4, 0.5) is 17.6 Å². The van der Waals surface area contributed by atoms with Gasteiger partial charge in [0.15, 0.2) is 0 Å². The van der Waals surface area contributed by atoms with Crippen LogP contribution in [-0.4, -0.2) is 35.6 Å². The van der Waals surface area contributed by atoms with Crippen LogP contribution >= 0.6 is 0 Å². The third kappa shape index (κ3) is 1.61. The molecule has 3 nitrogen and oxygen atoms in total. The van der Waals surface area contributed by atoms with E-state index in [1.54, 1.807) is 0 Å². The summed E-state index contributed by atoms with van der Waals surface area (Å²) in [7, 11) is 0. The van der Waals surface area contributed by atoms with Crippen molar-refractivity contribution < 1.29 is 32.5 Å². The summed E-state index contributed by atoms with van der Waals surface area (Å²) in [6.45, 7) is -0.830. The maximum atomic E-state index is 13.7. The molecule has 6 atom stereocenters. The molecule has 0 radical (unpaired) electrons. The Hall–Kier alpha value is -0.660. The summed E-state index contributed by atoms with van der Waals surface area (Å²) in [6, 6.07) is 0. The maximum absolute atomic E-state index is 13.7. The molecule has 0 aromatic rings. The number of halogens is 4. The Morgan fingerprint density at radius 3 is 1.53 bits per heavy atom. The standard InChI is InChI=1S/C12H14F4O3/c13-11(14)9-5-1-2-6(8(4-18)7(5)3-17)10(9)12(15,16)19-11/h1-2,5-10,17-18H,3-4H2/t5-,6+,7+,8-,9-,10+. The zero-order chi connectivity index (χ0) is 14.0. The van der Waals surface area contributed by atoms with Crippen molar-refractivity contribution in [1.82, 2.24) is 0 Å². The van der Waals surface area contributed by atoms with E-state index >= 15 is 0 Å². The minimum atomic E-state index is -3.91. The molecule has 108 valence electrons. The Bertz CT molecular complexity index is 376. The van der Waals surface area contributed by atoms with Crippen LogP contribution in [0.3, 0.4) is 0 Å². The summed E-state index contributed by atoms with van der Waals surface area (Å²) < 4.78 is 58.5. The number of alkyl halides is 4. The first-order chi connectivity index (χ1) is 8.83. The number of aliphatic hydroxyl groups is 2. The van der Waals surface area contributed by atoms with Crippen LogP contribution in [0, 0.1) is 35.5 Å². The summed E-state index contributed by atoms with van der Waals surface area (Å²) in [5, 5.41) is 18.6. The predicted molar refractivity (Wildman–Crippen MR) is 55.2 cm³/mol.